The second-order valence-electron chi connectivity index (χ2n) is 3.44. The second kappa shape index (κ2) is 5.56. The first-order valence-electron chi connectivity index (χ1n) is 4.97. The number of methoxy groups -OCH3 is 1. The molecule has 0 aliphatic heterocycles. The number of hydrogen-bond acceptors (Lipinski definition) is 3. The van der Waals surface area contributed by atoms with Crippen LogP contribution in [0.25, 0.3) is 0 Å². The third-order valence-corrected chi connectivity index (χ3v) is 2.24. The number of anilines is 2. The lowest BCUT2D eigenvalue weighted by Gasteiger charge is -2.18. The van der Waals surface area contributed by atoms with Gasteiger partial charge in [0.2, 0.25) is 0 Å². The highest BCUT2D eigenvalue weighted by atomic mass is 19.1. The molecule has 84 valence electrons. The molecule has 0 fully saturated rings. The average molecular weight is 212 g/mol. The van der Waals surface area contributed by atoms with Gasteiger partial charge in [-0.05, 0) is 24.6 Å². The van der Waals surface area contributed by atoms with Gasteiger partial charge in [0.05, 0.1) is 18.0 Å². The Labute approximate surface area is 89.4 Å². The molecule has 0 amide bonds. The van der Waals surface area contributed by atoms with E-state index in [9.17, 15) is 4.39 Å². The van der Waals surface area contributed by atoms with E-state index in [4.69, 9.17) is 10.5 Å². The third kappa shape index (κ3) is 3.40. The van der Waals surface area contributed by atoms with Crippen molar-refractivity contribution in [2.24, 2.45) is 0 Å². The van der Waals surface area contributed by atoms with E-state index in [1.54, 1.807) is 13.2 Å². The summed E-state index contributed by atoms with van der Waals surface area (Å²) in [6, 6.07) is 4.45. The fraction of sp³-hybridized carbons (Fsp3) is 0.455. The molecule has 3 nitrogen and oxygen atoms in total. The van der Waals surface area contributed by atoms with Crippen LogP contribution >= 0.6 is 0 Å². The number of halogens is 1. The molecule has 1 atom stereocenters. The Hall–Kier alpha value is -1.29. The highest BCUT2D eigenvalue weighted by molar-refractivity contribution is 5.66. The molecule has 0 aromatic heterocycles. The van der Waals surface area contributed by atoms with Gasteiger partial charge in [0.25, 0.3) is 0 Å². The molecule has 0 heterocycles. The lowest BCUT2D eigenvalue weighted by molar-refractivity contribution is 0.184. The maximum Gasteiger partial charge on any atom is 0.125 e. The number of nitrogens with one attached hydrogen (secondary N) is 1. The van der Waals surface area contributed by atoms with Crippen LogP contribution in [0.15, 0.2) is 18.2 Å². The van der Waals surface area contributed by atoms with Gasteiger partial charge in [0.1, 0.15) is 5.82 Å². The lowest BCUT2D eigenvalue weighted by Crippen LogP contribution is -2.24. The maximum atomic E-state index is 13.0. The highest BCUT2D eigenvalue weighted by Crippen LogP contribution is 2.20. The van der Waals surface area contributed by atoms with Crippen LogP contribution in [-0.2, 0) is 4.74 Å². The normalized spacial score (nSPS) is 12.5. The van der Waals surface area contributed by atoms with Gasteiger partial charge in [-0.15, -0.1) is 0 Å². The van der Waals surface area contributed by atoms with Crippen molar-refractivity contribution in [3.05, 3.63) is 24.0 Å². The Morgan fingerprint density at radius 2 is 2.27 bits per heavy atom. The molecule has 15 heavy (non-hydrogen) atoms. The fourth-order valence-electron chi connectivity index (χ4n) is 1.34. The molecule has 3 N–H and O–H groups in total. The predicted molar refractivity (Wildman–Crippen MR) is 60.4 cm³/mol. The zero-order chi connectivity index (χ0) is 11.3. The third-order valence-electron chi connectivity index (χ3n) is 2.24. The second-order valence-corrected chi connectivity index (χ2v) is 3.44. The van der Waals surface area contributed by atoms with Gasteiger partial charge >= 0.3 is 0 Å². The first-order chi connectivity index (χ1) is 7.17. The molecule has 1 aromatic rings. The Morgan fingerprint density at radius 1 is 1.53 bits per heavy atom. The lowest BCUT2D eigenvalue weighted by atomic mass is 10.2. The van der Waals surface area contributed by atoms with Gasteiger partial charge in [-0.3, -0.25) is 0 Å². The van der Waals surface area contributed by atoms with E-state index in [1.807, 2.05) is 6.92 Å². The first kappa shape index (κ1) is 11.8. The Bertz CT molecular complexity index is 317. The quantitative estimate of drug-likeness (QED) is 0.736. The van der Waals surface area contributed by atoms with E-state index < -0.39 is 0 Å². The standard InChI is InChI=1S/C11H17FN2O/c1-3-9(7-15-2)14-11-6-8(12)4-5-10(11)13/h4-6,9,14H,3,7,13H2,1-2H3. The number of nitrogen functional groups attached to an aromatic ring is 1. The largest absolute Gasteiger partial charge is 0.397 e. The molecule has 0 saturated heterocycles. The molecule has 0 aliphatic rings. The van der Waals surface area contributed by atoms with Crippen molar-refractivity contribution in [3.63, 3.8) is 0 Å². The van der Waals surface area contributed by atoms with Crippen LogP contribution in [-0.4, -0.2) is 19.8 Å². The van der Waals surface area contributed by atoms with Crippen molar-refractivity contribution >= 4 is 11.4 Å². The van der Waals surface area contributed by atoms with Crippen LogP contribution in [0, 0.1) is 5.82 Å². The van der Waals surface area contributed by atoms with E-state index in [-0.39, 0.29) is 11.9 Å². The van der Waals surface area contributed by atoms with Crippen LogP contribution in [0.5, 0.6) is 0 Å². The van der Waals surface area contributed by atoms with Crippen LogP contribution < -0.4 is 11.1 Å². The topological polar surface area (TPSA) is 47.3 Å². The number of benzene rings is 1. The van der Waals surface area contributed by atoms with Crippen LogP contribution in [0.1, 0.15) is 13.3 Å². The molecule has 0 bridgehead atoms. The number of rotatable bonds is 5. The molecule has 0 spiro atoms. The summed E-state index contributed by atoms with van der Waals surface area (Å²) in [6.07, 6.45) is 0.893. The van der Waals surface area contributed by atoms with Crippen molar-refractivity contribution in [1.29, 1.82) is 0 Å². The van der Waals surface area contributed by atoms with E-state index in [1.165, 1.54) is 12.1 Å². The Balaban J connectivity index is 2.73. The highest BCUT2D eigenvalue weighted by Gasteiger charge is 2.08. The van der Waals surface area contributed by atoms with Gasteiger partial charge in [0, 0.05) is 13.2 Å². The zero-order valence-corrected chi connectivity index (χ0v) is 9.09. The van der Waals surface area contributed by atoms with Gasteiger partial charge in [-0.25, -0.2) is 4.39 Å². The average Bonchev–Trinajstić information content (AvgIpc) is 2.22. The molecule has 0 radical (unpaired) electrons. The molecule has 1 rings (SSSR count). The van der Waals surface area contributed by atoms with Crippen molar-refractivity contribution < 1.29 is 9.13 Å². The maximum absolute atomic E-state index is 13.0. The van der Waals surface area contributed by atoms with Gasteiger partial charge in [0.15, 0.2) is 0 Å². The van der Waals surface area contributed by atoms with E-state index in [0.717, 1.165) is 6.42 Å². The summed E-state index contributed by atoms with van der Waals surface area (Å²) in [5, 5.41) is 3.15. The fourth-order valence-corrected chi connectivity index (χ4v) is 1.34. The zero-order valence-electron chi connectivity index (χ0n) is 9.09. The molecular weight excluding hydrogens is 195 g/mol. The summed E-state index contributed by atoms with van der Waals surface area (Å²) < 4.78 is 18.0. The number of hydrogen-bond donors (Lipinski definition) is 2. The number of nitrogens with two attached hydrogens (primary N) is 1. The van der Waals surface area contributed by atoms with E-state index in [0.29, 0.717) is 18.0 Å². The summed E-state index contributed by atoms with van der Waals surface area (Å²) >= 11 is 0. The summed E-state index contributed by atoms with van der Waals surface area (Å²) in [5.41, 5.74) is 6.89. The molecule has 4 heteroatoms. The van der Waals surface area contributed by atoms with Crippen molar-refractivity contribution in [3.8, 4) is 0 Å². The minimum atomic E-state index is -0.293. The van der Waals surface area contributed by atoms with E-state index >= 15 is 0 Å². The van der Waals surface area contributed by atoms with Crippen LogP contribution in [0.4, 0.5) is 15.8 Å². The number of ether oxygens (including phenoxy) is 1. The molecule has 0 aliphatic carbocycles. The SMILES string of the molecule is CCC(COC)Nc1cc(F)ccc1N. The van der Waals surface area contributed by atoms with Gasteiger partial charge in [-0.2, -0.15) is 0 Å². The summed E-state index contributed by atoms with van der Waals surface area (Å²) in [4.78, 5) is 0. The Kier molecular flexibility index (Phi) is 4.37. The van der Waals surface area contributed by atoms with Gasteiger partial charge < -0.3 is 15.8 Å². The van der Waals surface area contributed by atoms with Crippen LogP contribution in [0.2, 0.25) is 0 Å². The minimum absolute atomic E-state index is 0.152. The summed E-state index contributed by atoms with van der Waals surface area (Å²) in [5.74, 6) is -0.293. The van der Waals surface area contributed by atoms with Gasteiger partial charge in [-0.1, -0.05) is 6.92 Å². The summed E-state index contributed by atoms with van der Waals surface area (Å²) in [6.45, 7) is 2.61. The smallest absolute Gasteiger partial charge is 0.125 e. The minimum Gasteiger partial charge on any atom is -0.397 e. The van der Waals surface area contributed by atoms with E-state index in [2.05, 4.69) is 5.32 Å². The molecular formula is C11H17FN2O. The summed E-state index contributed by atoms with van der Waals surface area (Å²) in [7, 11) is 1.64. The molecule has 1 unspecified atom stereocenters. The predicted octanol–water partition coefficient (Wildman–Crippen LogP) is 2.24. The first-order valence-corrected chi connectivity index (χ1v) is 4.97. The Morgan fingerprint density at radius 3 is 2.87 bits per heavy atom. The monoisotopic (exact) mass is 212 g/mol. The molecule has 0 saturated carbocycles. The molecule has 1 aromatic carbocycles. The van der Waals surface area contributed by atoms with Crippen molar-refractivity contribution in [2.75, 3.05) is 24.8 Å². The van der Waals surface area contributed by atoms with Crippen molar-refractivity contribution in [1.82, 2.24) is 0 Å². The van der Waals surface area contributed by atoms with Crippen molar-refractivity contribution in [2.45, 2.75) is 19.4 Å². The van der Waals surface area contributed by atoms with Crippen LogP contribution in [0.3, 0.4) is 0 Å².